The zero-order chi connectivity index (χ0) is 16.7. The van der Waals surface area contributed by atoms with E-state index in [2.05, 4.69) is 4.74 Å². The highest BCUT2D eigenvalue weighted by Gasteiger charge is 2.22. The molecule has 122 valence electrons. The van der Waals surface area contributed by atoms with E-state index in [0.717, 1.165) is 5.56 Å². The summed E-state index contributed by atoms with van der Waals surface area (Å²) < 4.78 is 10.2. The Morgan fingerprint density at radius 2 is 1.83 bits per heavy atom. The molecule has 2 rings (SSSR count). The lowest BCUT2D eigenvalue weighted by atomic mass is 10.0. The first kappa shape index (κ1) is 17.0. The highest BCUT2D eigenvalue weighted by Crippen LogP contribution is 2.24. The van der Waals surface area contributed by atoms with E-state index in [9.17, 15) is 15.0 Å². The van der Waals surface area contributed by atoms with E-state index in [1.165, 1.54) is 7.11 Å². The number of ether oxygens (including phenoxy) is 2. The lowest BCUT2D eigenvalue weighted by Gasteiger charge is -2.18. The van der Waals surface area contributed by atoms with Crippen molar-refractivity contribution >= 4 is 5.97 Å². The fourth-order valence-corrected chi connectivity index (χ4v) is 2.12. The Bertz CT molecular complexity index is 626. The van der Waals surface area contributed by atoms with Gasteiger partial charge in [0, 0.05) is 0 Å². The van der Waals surface area contributed by atoms with Crippen LogP contribution in [-0.2, 0) is 16.1 Å². The number of benzene rings is 2. The third-order valence-electron chi connectivity index (χ3n) is 3.42. The zero-order valence-corrected chi connectivity index (χ0v) is 12.9. The smallest absolute Gasteiger partial charge is 0.308 e. The van der Waals surface area contributed by atoms with E-state index in [0.29, 0.717) is 17.9 Å². The minimum atomic E-state index is -1.23. The number of hydrogen-bond donors (Lipinski definition) is 2. The minimum absolute atomic E-state index is 0.271. The Kier molecular flexibility index (Phi) is 6.14. The van der Waals surface area contributed by atoms with Gasteiger partial charge in [-0.25, -0.2) is 0 Å². The topological polar surface area (TPSA) is 76.0 Å². The second kappa shape index (κ2) is 8.31. The summed E-state index contributed by atoms with van der Waals surface area (Å²) in [5, 5.41) is 20.0. The molecule has 2 atom stereocenters. The summed E-state index contributed by atoms with van der Waals surface area (Å²) in [7, 11) is 1.24. The molecule has 2 unspecified atom stereocenters. The van der Waals surface area contributed by atoms with Gasteiger partial charge in [-0.05, 0) is 23.3 Å². The van der Waals surface area contributed by atoms with E-state index in [4.69, 9.17) is 4.74 Å². The molecule has 0 aliphatic heterocycles. The third-order valence-corrected chi connectivity index (χ3v) is 3.42. The maximum absolute atomic E-state index is 11.2. The summed E-state index contributed by atoms with van der Waals surface area (Å²) in [6.07, 6.45) is -2.69. The van der Waals surface area contributed by atoms with Gasteiger partial charge in [0.1, 0.15) is 18.5 Å². The molecule has 5 nitrogen and oxygen atoms in total. The van der Waals surface area contributed by atoms with Crippen LogP contribution in [0.3, 0.4) is 0 Å². The molecule has 0 fully saturated rings. The van der Waals surface area contributed by atoms with Gasteiger partial charge in [-0.1, -0.05) is 42.5 Å². The van der Waals surface area contributed by atoms with Gasteiger partial charge in [-0.3, -0.25) is 4.79 Å². The van der Waals surface area contributed by atoms with Crippen molar-refractivity contribution < 1.29 is 24.5 Å². The van der Waals surface area contributed by atoms with Gasteiger partial charge in [0.05, 0.1) is 19.6 Å². The van der Waals surface area contributed by atoms with Crippen LogP contribution in [0.4, 0.5) is 0 Å². The Morgan fingerprint density at radius 3 is 2.52 bits per heavy atom. The molecule has 0 saturated heterocycles. The standard InChI is InChI=1S/C18H20O5/c1-22-17(20)11-16(19)18(21)14-8-5-9-15(10-14)23-12-13-6-3-2-4-7-13/h2-10,16,18-19,21H,11-12H2,1H3. The Balaban J connectivity index is 1.99. The van der Waals surface area contributed by atoms with Crippen LogP contribution in [0, 0.1) is 0 Å². The van der Waals surface area contributed by atoms with Crippen LogP contribution in [-0.4, -0.2) is 29.4 Å². The fourth-order valence-electron chi connectivity index (χ4n) is 2.12. The molecule has 0 amide bonds. The average molecular weight is 316 g/mol. The fraction of sp³-hybridized carbons (Fsp3) is 0.278. The summed E-state index contributed by atoms with van der Waals surface area (Å²) in [5.74, 6) is 0.00343. The van der Waals surface area contributed by atoms with E-state index in [1.807, 2.05) is 30.3 Å². The number of carbonyl (C=O) groups excluding carboxylic acids is 1. The molecule has 23 heavy (non-hydrogen) atoms. The van der Waals surface area contributed by atoms with Crippen molar-refractivity contribution in [2.24, 2.45) is 0 Å². The van der Waals surface area contributed by atoms with E-state index >= 15 is 0 Å². The van der Waals surface area contributed by atoms with Gasteiger partial charge in [-0.15, -0.1) is 0 Å². The maximum Gasteiger partial charge on any atom is 0.308 e. The van der Waals surface area contributed by atoms with Crippen LogP contribution in [0.2, 0.25) is 0 Å². The first-order valence-electron chi connectivity index (χ1n) is 7.30. The van der Waals surface area contributed by atoms with Crippen molar-refractivity contribution in [2.45, 2.75) is 25.2 Å². The molecule has 0 aliphatic rings. The van der Waals surface area contributed by atoms with Crippen molar-refractivity contribution in [3.63, 3.8) is 0 Å². The quantitative estimate of drug-likeness (QED) is 0.766. The lowest BCUT2D eigenvalue weighted by Crippen LogP contribution is -2.22. The first-order chi connectivity index (χ1) is 11.1. The molecular formula is C18H20O5. The van der Waals surface area contributed by atoms with Crippen LogP contribution in [0.15, 0.2) is 54.6 Å². The summed E-state index contributed by atoms with van der Waals surface area (Å²) in [6.45, 7) is 0.408. The predicted molar refractivity (Wildman–Crippen MR) is 84.8 cm³/mol. The van der Waals surface area contributed by atoms with Crippen LogP contribution in [0.5, 0.6) is 5.75 Å². The van der Waals surface area contributed by atoms with Crippen LogP contribution >= 0.6 is 0 Å². The first-order valence-corrected chi connectivity index (χ1v) is 7.30. The molecule has 2 N–H and O–H groups in total. The van der Waals surface area contributed by atoms with Crippen LogP contribution in [0.25, 0.3) is 0 Å². The number of hydrogen-bond acceptors (Lipinski definition) is 5. The number of rotatable bonds is 7. The van der Waals surface area contributed by atoms with E-state index in [1.54, 1.807) is 24.3 Å². The van der Waals surface area contributed by atoms with Crippen molar-refractivity contribution in [2.75, 3.05) is 7.11 Å². The molecule has 0 spiro atoms. The highest BCUT2D eigenvalue weighted by molar-refractivity contribution is 5.69. The number of esters is 1. The molecule has 5 heteroatoms. The molecule has 2 aromatic rings. The highest BCUT2D eigenvalue weighted by atomic mass is 16.5. The zero-order valence-electron chi connectivity index (χ0n) is 12.9. The van der Waals surface area contributed by atoms with Gasteiger partial charge in [0.15, 0.2) is 0 Å². The average Bonchev–Trinajstić information content (AvgIpc) is 2.60. The molecule has 0 saturated carbocycles. The Labute approximate surface area is 135 Å². The van der Waals surface area contributed by atoms with Crippen LogP contribution < -0.4 is 4.74 Å². The molecule has 2 aromatic carbocycles. The Hall–Kier alpha value is -2.37. The molecule has 0 radical (unpaired) electrons. The van der Waals surface area contributed by atoms with Crippen molar-refractivity contribution in [1.82, 2.24) is 0 Å². The normalized spacial score (nSPS) is 13.2. The van der Waals surface area contributed by atoms with Gasteiger partial charge >= 0.3 is 5.97 Å². The molecule has 0 aliphatic carbocycles. The van der Waals surface area contributed by atoms with Crippen molar-refractivity contribution in [3.05, 3.63) is 65.7 Å². The van der Waals surface area contributed by atoms with Crippen molar-refractivity contribution in [3.8, 4) is 5.75 Å². The minimum Gasteiger partial charge on any atom is -0.489 e. The van der Waals surface area contributed by atoms with E-state index in [-0.39, 0.29) is 6.42 Å². The number of aliphatic hydroxyl groups is 2. The predicted octanol–water partition coefficient (Wildman–Crippen LogP) is 2.22. The van der Waals surface area contributed by atoms with E-state index < -0.39 is 18.2 Å². The van der Waals surface area contributed by atoms with Gasteiger partial charge in [0.2, 0.25) is 0 Å². The van der Waals surface area contributed by atoms with Crippen LogP contribution in [0.1, 0.15) is 23.7 Å². The summed E-state index contributed by atoms with van der Waals surface area (Å²) in [5.41, 5.74) is 1.51. The summed E-state index contributed by atoms with van der Waals surface area (Å²) in [6, 6.07) is 16.5. The second-order valence-corrected chi connectivity index (χ2v) is 5.14. The molecule has 0 heterocycles. The van der Waals surface area contributed by atoms with Gasteiger partial charge < -0.3 is 19.7 Å². The number of methoxy groups -OCH3 is 1. The third kappa shape index (κ3) is 5.09. The Morgan fingerprint density at radius 1 is 1.09 bits per heavy atom. The molecular weight excluding hydrogens is 296 g/mol. The summed E-state index contributed by atoms with van der Waals surface area (Å²) in [4.78, 5) is 11.2. The SMILES string of the molecule is COC(=O)CC(O)C(O)c1cccc(OCc2ccccc2)c1. The summed E-state index contributed by atoms with van der Waals surface area (Å²) >= 11 is 0. The largest absolute Gasteiger partial charge is 0.489 e. The lowest BCUT2D eigenvalue weighted by molar-refractivity contribution is -0.144. The van der Waals surface area contributed by atoms with Gasteiger partial charge in [-0.2, -0.15) is 0 Å². The molecule has 0 bridgehead atoms. The van der Waals surface area contributed by atoms with Gasteiger partial charge in [0.25, 0.3) is 0 Å². The van der Waals surface area contributed by atoms with Crippen molar-refractivity contribution in [1.29, 1.82) is 0 Å². The maximum atomic E-state index is 11.2. The second-order valence-electron chi connectivity index (χ2n) is 5.14. The number of aliphatic hydroxyl groups excluding tert-OH is 2. The molecule has 0 aromatic heterocycles. The number of carbonyl (C=O) groups is 1. The monoisotopic (exact) mass is 316 g/mol.